The van der Waals surface area contributed by atoms with Crippen molar-refractivity contribution in [2.75, 3.05) is 17.2 Å². The van der Waals surface area contributed by atoms with Gasteiger partial charge in [-0.2, -0.15) is 10.4 Å². The standard InChI is InChI=1S/C22H26N8/c1-14-10-21(29-28-14)27-22-18-4-2-8-24-19(18)13-20(26-22)25-15-11-16-5-6-17(12-15)30(16)9-3-7-23/h2,4,8,10,13,15-17H,3,5-6,9,11-12H2,1H3,(H3,25,26,27,28,29). The minimum atomic E-state index is 0.384. The summed E-state index contributed by atoms with van der Waals surface area (Å²) in [5.41, 5.74) is 1.90. The zero-order valence-corrected chi connectivity index (χ0v) is 17.1. The van der Waals surface area contributed by atoms with E-state index >= 15 is 0 Å². The van der Waals surface area contributed by atoms with E-state index in [1.807, 2.05) is 37.4 Å². The SMILES string of the molecule is Cc1cc(Nc2nc(NC3CC4CCC(C3)N4CCC#N)cc3ncccc23)n[nH]1. The number of fused-ring (bicyclic) bond motifs is 3. The first-order valence-corrected chi connectivity index (χ1v) is 10.6. The Morgan fingerprint density at radius 3 is 2.80 bits per heavy atom. The molecule has 2 fully saturated rings. The van der Waals surface area contributed by atoms with Gasteiger partial charge in [-0.05, 0) is 44.7 Å². The average Bonchev–Trinajstić information content (AvgIpc) is 3.25. The Balaban J connectivity index is 1.37. The maximum absolute atomic E-state index is 8.94. The first-order chi connectivity index (χ1) is 14.7. The largest absolute Gasteiger partial charge is 0.367 e. The number of aromatic nitrogens is 4. The van der Waals surface area contributed by atoms with Crippen LogP contribution in [0.4, 0.5) is 17.5 Å². The molecule has 0 saturated carbocycles. The first-order valence-electron chi connectivity index (χ1n) is 10.6. The molecule has 8 nitrogen and oxygen atoms in total. The Morgan fingerprint density at radius 1 is 1.23 bits per heavy atom. The average molecular weight is 403 g/mol. The summed E-state index contributed by atoms with van der Waals surface area (Å²) in [6, 6.07) is 11.7. The normalized spacial score (nSPS) is 23.4. The molecule has 154 valence electrons. The summed E-state index contributed by atoms with van der Waals surface area (Å²) in [5.74, 6) is 2.33. The van der Waals surface area contributed by atoms with Crippen molar-refractivity contribution < 1.29 is 0 Å². The number of nitrogens with zero attached hydrogens (tertiary/aromatic N) is 5. The summed E-state index contributed by atoms with van der Waals surface area (Å²) in [4.78, 5) is 12.0. The summed E-state index contributed by atoms with van der Waals surface area (Å²) in [6.45, 7) is 2.87. The molecule has 0 radical (unpaired) electrons. The smallest absolute Gasteiger partial charge is 0.153 e. The fraction of sp³-hybridized carbons (Fsp3) is 0.455. The Kier molecular flexibility index (Phi) is 4.97. The minimum Gasteiger partial charge on any atom is -0.367 e. The van der Waals surface area contributed by atoms with Crippen molar-refractivity contribution in [3.05, 3.63) is 36.2 Å². The van der Waals surface area contributed by atoms with Crippen molar-refractivity contribution >= 4 is 28.4 Å². The monoisotopic (exact) mass is 402 g/mol. The van der Waals surface area contributed by atoms with E-state index < -0.39 is 0 Å². The molecule has 0 aromatic carbocycles. The zero-order chi connectivity index (χ0) is 20.5. The molecule has 2 atom stereocenters. The molecule has 0 aliphatic carbocycles. The number of nitrogens with one attached hydrogen (secondary N) is 3. The lowest BCUT2D eigenvalue weighted by atomic mass is 9.97. The van der Waals surface area contributed by atoms with Gasteiger partial charge < -0.3 is 10.6 Å². The van der Waals surface area contributed by atoms with E-state index in [0.717, 1.165) is 53.4 Å². The summed E-state index contributed by atoms with van der Waals surface area (Å²) >= 11 is 0. The van der Waals surface area contributed by atoms with E-state index in [1.54, 1.807) is 0 Å². The number of hydrogen-bond acceptors (Lipinski definition) is 7. The first kappa shape index (κ1) is 18.8. The van der Waals surface area contributed by atoms with Crippen LogP contribution in [0.5, 0.6) is 0 Å². The molecule has 2 unspecified atom stereocenters. The Labute approximate surface area is 175 Å². The highest BCUT2D eigenvalue weighted by atomic mass is 15.2. The molecule has 8 heteroatoms. The van der Waals surface area contributed by atoms with Crippen molar-refractivity contribution in [3.8, 4) is 6.07 Å². The van der Waals surface area contributed by atoms with E-state index in [-0.39, 0.29) is 0 Å². The molecule has 3 aromatic heterocycles. The van der Waals surface area contributed by atoms with Crippen LogP contribution in [0.25, 0.3) is 10.9 Å². The maximum Gasteiger partial charge on any atom is 0.153 e. The van der Waals surface area contributed by atoms with Gasteiger partial charge in [0.15, 0.2) is 5.82 Å². The molecule has 5 rings (SSSR count). The van der Waals surface area contributed by atoms with Crippen LogP contribution in [-0.2, 0) is 0 Å². The van der Waals surface area contributed by atoms with Crippen LogP contribution in [0.3, 0.4) is 0 Å². The van der Waals surface area contributed by atoms with Crippen molar-refractivity contribution in [3.63, 3.8) is 0 Å². The number of aromatic amines is 1. The molecule has 0 amide bonds. The van der Waals surface area contributed by atoms with Crippen LogP contribution in [0.2, 0.25) is 0 Å². The summed E-state index contributed by atoms with van der Waals surface area (Å²) < 4.78 is 0. The van der Waals surface area contributed by atoms with Crippen LogP contribution >= 0.6 is 0 Å². The second-order valence-corrected chi connectivity index (χ2v) is 8.33. The molecule has 0 spiro atoms. The highest BCUT2D eigenvalue weighted by Gasteiger charge is 2.40. The van der Waals surface area contributed by atoms with Gasteiger partial charge >= 0.3 is 0 Å². The van der Waals surface area contributed by atoms with Gasteiger partial charge in [-0.15, -0.1) is 0 Å². The van der Waals surface area contributed by atoms with Crippen LogP contribution in [0.1, 0.15) is 37.8 Å². The van der Waals surface area contributed by atoms with Gasteiger partial charge in [-0.3, -0.25) is 15.0 Å². The summed E-state index contributed by atoms with van der Waals surface area (Å²) in [6.07, 6.45) is 7.06. The lowest BCUT2D eigenvalue weighted by Gasteiger charge is -2.39. The molecular formula is C22H26N8. The molecule has 2 bridgehead atoms. The van der Waals surface area contributed by atoms with Crippen LogP contribution in [0, 0.1) is 18.3 Å². The Morgan fingerprint density at radius 2 is 2.07 bits per heavy atom. The van der Waals surface area contributed by atoms with Crippen LogP contribution in [-0.4, -0.2) is 49.7 Å². The van der Waals surface area contributed by atoms with E-state index in [2.05, 4.69) is 36.8 Å². The van der Waals surface area contributed by atoms with Gasteiger partial charge in [0.25, 0.3) is 0 Å². The molecule has 3 aromatic rings. The number of nitriles is 1. The fourth-order valence-corrected chi connectivity index (χ4v) is 4.99. The lowest BCUT2D eigenvalue weighted by Crippen LogP contribution is -2.47. The third-order valence-electron chi connectivity index (χ3n) is 6.27. The third kappa shape index (κ3) is 3.68. The molecular weight excluding hydrogens is 376 g/mol. The maximum atomic E-state index is 8.94. The molecule has 2 aliphatic rings. The van der Waals surface area contributed by atoms with Crippen LogP contribution < -0.4 is 10.6 Å². The minimum absolute atomic E-state index is 0.384. The quantitative estimate of drug-likeness (QED) is 0.577. The summed E-state index contributed by atoms with van der Waals surface area (Å²) in [7, 11) is 0. The number of rotatable bonds is 6. The highest BCUT2D eigenvalue weighted by Crippen LogP contribution is 2.37. The number of anilines is 3. The van der Waals surface area contributed by atoms with Crippen molar-refractivity contribution in [1.29, 1.82) is 5.26 Å². The van der Waals surface area contributed by atoms with Gasteiger partial charge in [-0.25, -0.2) is 4.98 Å². The van der Waals surface area contributed by atoms with Crippen molar-refractivity contribution in [2.45, 2.75) is 57.2 Å². The highest BCUT2D eigenvalue weighted by molar-refractivity contribution is 5.92. The molecule has 2 aliphatic heterocycles. The second-order valence-electron chi connectivity index (χ2n) is 8.33. The number of piperidine rings is 1. The molecule has 3 N–H and O–H groups in total. The molecule has 30 heavy (non-hydrogen) atoms. The molecule has 5 heterocycles. The van der Waals surface area contributed by atoms with Crippen LogP contribution in [0.15, 0.2) is 30.5 Å². The number of pyridine rings is 2. The Hall–Kier alpha value is -3.18. The topological polar surface area (TPSA) is 106 Å². The van der Waals surface area contributed by atoms with Gasteiger partial charge in [0, 0.05) is 60.5 Å². The van der Waals surface area contributed by atoms with Gasteiger partial charge in [0.2, 0.25) is 0 Å². The third-order valence-corrected chi connectivity index (χ3v) is 6.27. The number of aryl methyl sites for hydroxylation is 1. The van der Waals surface area contributed by atoms with Crippen molar-refractivity contribution in [1.82, 2.24) is 25.1 Å². The predicted molar refractivity (Wildman–Crippen MR) is 117 cm³/mol. The number of hydrogen-bond donors (Lipinski definition) is 3. The van der Waals surface area contributed by atoms with Gasteiger partial charge in [-0.1, -0.05) is 0 Å². The van der Waals surface area contributed by atoms with Gasteiger partial charge in [0.1, 0.15) is 11.6 Å². The van der Waals surface area contributed by atoms with E-state index in [0.29, 0.717) is 24.5 Å². The Bertz CT molecular complexity index is 1070. The lowest BCUT2D eigenvalue weighted by molar-refractivity contribution is 0.136. The number of H-pyrrole nitrogens is 1. The van der Waals surface area contributed by atoms with Crippen molar-refractivity contribution in [2.24, 2.45) is 0 Å². The van der Waals surface area contributed by atoms with E-state index in [4.69, 9.17) is 10.2 Å². The van der Waals surface area contributed by atoms with E-state index in [1.165, 1.54) is 12.8 Å². The predicted octanol–water partition coefficient (Wildman–Crippen LogP) is 3.73. The molecule has 2 saturated heterocycles. The fourth-order valence-electron chi connectivity index (χ4n) is 4.99. The summed E-state index contributed by atoms with van der Waals surface area (Å²) in [5, 5.41) is 24.1. The van der Waals surface area contributed by atoms with E-state index in [9.17, 15) is 0 Å². The zero-order valence-electron chi connectivity index (χ0n) is 17.1. The van der Waals surface area contributed by atoms with Gasteiger partial charge in [0.05, 0.1) is 11.6 Å². The second kappa shape index (κ2) is 7.92.